The molecule has 2 fully saturated rings. The maximum absolute atomic E-state index is 12.7. The topological polar surface area (TPSA) is 88.2 Å². The zero-order valence-electron chi connectivity index (χ0n) is 17.4. The molecular formula is C23H23N3O5S. The van der Waals surface area contributed by atoms with Crippen LogP contribution in [0, 0.1) is 0 Å². The number of hydrogen-bond acceptors (Lipinski definition) is 6. The van der Waals surface area contributed by atoms with Gasteiger partial charge >= 0.3 is 12.2 Å². The summed E-state index contributed by atoms with van der Waals surface area (Å²) < 4.78 is 11.2. The summed E-state index contributed by atoms with van der Waals surface area (Å²) in [5.74, 6) is 0.345. The van der Waals surface area contributed by atoms with Crippen molar-refractivity contribution in [3.8, 4) is 0 Å². The Balaban J connectivity index is 1.20. The molecule has 8 nitrogen and oxygen atoms in total. The Morgan fingerprint density at radius 1 is 1.12 bits per heavy atom. The summed E-state index contributed by atoms with van der Waals surface area (Å²) in [5, 5.41) is 2.86. The number of rotatable bonds is 3. The van der Waals surface area contributed by atoms with E-state index in [2.05, 4.69) is 5.32 Å². The van der Waals surface area contributed by atoms with Gasteiger partial charge in [-0.1, -0.05) is 30.3 Å². The van der Waals surface area contributed by atoms with Gasteiger partial charge in [-0.15, -0.1) is 11.8 Å². The normalized spacial score (nSPS) is 19.4. The molecule has 0 atom stereocenters. The lowest BCUT2D eigenvalue weighted by atomic mass is 9.91. The Morgan fingerprint density at radius 3 is 2.69 bits per heavy atom. The first-order valence-corrected chi connectivity index (χ1v) is 11.5. The minimum Gasteiger partial charge on any atom is -0.445 e. The Bertz CT molecular complexity index is 1050. The van der Waals surface area contributed by atoms with Gasteiger partial charge in [0.1, 0.15) is 12.2 Å². The molecule has 166 valence electrons. The van der Waals surface area contributed by atoms with Gasteiger partial charge in [0.25, 0.3) is 0 Å². The number of thioether (sulfide) groups is 1. The molecule has 3 heterocycles. The number of anilines is 2. The predicted molar refractivity (Wildman–Crippen MR) is 120 cm³/mol. The molecule has 5 rings (SSSR count). The third-order valence-corrected chi connectivity index (χ3v) is 7.09. The average molecular weight is 454 g/mol. The fraction of sp³-hybridized carbons (Fsp3) is 0.348. The van der Waals surface area contributed by atoms with Gasteiger partial charge < -0.3 is 19.7 Å². The summed E-state index contributed by atoms with van der Waals surface area (Å²) in [6.45, 7) is 1.58. The third-order valence-electron chi connectivity index (χ3n) is 6.02. The molecule has 1 spiro atoms. The van der Waals surface area contributed by atoms with E-state index in [1.54, 1.807) is 9.80 Å². The SMILES string of the molecule is O=C1CSc2ccc(N3CC4(CCN(C(=O)OCc5ccccc5)CC4)OC3=O)cc2N1. The number of hydrogen-bond donors (Lipinski definition) is 1. The smallest absolute Gasteiger partial charge is 0.415 e. The van der Waals surface area contributed by atoms with Gasteiger partial charge in [-0.2, -0.15) is 0 Å². The molecule has 0 saturated carbocycles. The van der Waals surface area contributed by atoms with Crippen LogP contribution in [-0.4, -0.2) is 54.0 Å². The van der Waals surface area contributed by atoms with Crippen molar-refractivity contribution < 1.29 is 23.9 Å². The Labute approximate surface area is 189 Å². The van der Waals surface area contributed by atoms with Crippen LogP contribution in [-0.2, 0) is 20.9 Å². The van der Waals surface area contributed by atoms with E-state index in [0.717, 1.165) is 10.5 Å². The van der Waals surface area contributed by atoms with Crippen molar-refractivity contribution in [1.29, 1.82) is 0 Å². The van der Waals surface area contributed by atoms with Gasteiger partial charge in [0.2, 0.25) is 5.91 Å². The highest BCUT2D eigenvalue weighted by Gasteiger charge is 2.48. The maximum Gasteiger partial charge on any atom is 0.415 e. The van der Waals surface area contributed by atoms with Crippen molar-refractivity contribution in [3.05, 3.63) is 54.1 Å². The first kappa shape index (κ1) is 20.7. The van der Waals surface area contributed by atoms with Crippen molar-refractivity contribution in [3.63, 3.8) is 0 Å². The molecule has 0 unspecified atom stereocenters. The minimum absolute atomic E-state index is 0.0494. The average Bonchev–Trinajstić information content (AvgIpc) is 3.13. The molecule has 3 amide bonds. The van der Waals surface area contributed by atoms with Crippen molar-refractivity contribution in [2.45, 2.75) is 29.9 Å². The van der Waals surface area contributed by atoms with Crippen LogP contribution in [0.1, 0.15) is 18.4 Å². The summed E-state index contributed by atoms with van der Waals surface area (Å²) in [6, 6.07) is 15.2. The molecule has 0 aliphatic carbocycles. The van der Waals surface area contributed by atoms with Crippen LogP contribution in [0.3, 0.4) is 0 Å². The first-order chi connectivity index (χ1) is 15.5. The van der Waals surface area contributed by atoms with Crippen LogP contribution in [0.5, 0.6) is 0 Å². The van der Waals surface area contributed by atoms with E-state index in [9.17, 15) is 14.4 Å². The van der Waals surface area contributed by atoms with Crippen LogP contribution < -0.4 is 10.2 Å². The lowest BCUT2D eigenvalue weighted by Gasteiger charge is -2.36. The number of benzene rings is 2. The molecule has 2 saturated heterocycles. The van der Waals surface area contributed by atoms with Gasteiger partial charge in [-0.3, -0.25) is 9.69 Å². The van der Waals surface area contributed by atoms with E-state index in [0.29, 0.717) is 49.6 Å². The highest BCUT2D eigenvalue weighted by atomic mass is 32.2. The summed E-state index contributed by atoms with van der Waals surface area (Å²) in [6.07, 6.45) is 0.341. The van der Waals surface area contributed by atoms with Gasteiger partial charge in [-0.25, -0.2) is 9.59 Å². The Morgan fingerprint density at radius 2 is 1.91 bits per heavy atom. The second kappa shape index (κ2) is 8.38. The number of amides is 3. The summed E-state index contributed by atoms with van der Waals surface area (Å²) >= 11 is 1.48. The number of carbonyl (C=O) groups excluding carboxylic acids is 3. The minimum atomic E-state index is -0.624. The van der Waals surface area contributed by atoms with Crippen LogP contribution in [0.15, 0.2) is 53.4 Å². The standard InChI is InChI=1S/C23H23N3O5S/c27-20-14-32-19-7-6-17(12-18(19)24-20)26-15-23(31-22(26)29)8-10-25(11-9-23)21(28)30-13-16-4-2-1-3-5-16/h1-7,12H,8-11,13-15H2,(H,24,27). The fourth-order valence-electron chi connectivity index (χ4n) is 4.23. The molecule has 0 bridgehead atoms. The monoisotopic (exact) mass is 453 g/mol. The number of ether oxygens (including phenoxy) is 2. The van der Waals surface area contributed by atoms with E-state index in [1.807, 2.05) is 48.5 Å². The van der Waals surface area contributed by atoms with E-state index in [-0.39, 0.29) is 18.6 Å². The van der Waals surface area contributed by atoms with Crippen molar-refractivity contribution in [1.82, 2.24) is 4.90 Å². The van der Waals surface area contributed by atoms with E-state index in [1.165, 1.54) is 11.8 Å². The van der Waals surface area contributed by atoms with E-state index in [4.69, 9.17) is 9.47 Å². The van der Waals surface area contributed by atoms with Crippen molar-refractivity contribution >= 4 is 41.2 Å². The largest absolute Gasteiger partial charge is 0.445 e. The molecule has 0 aromatic heterocycles. The highest BCUT2D eigenvalue weighted by Crippen LogP contribution is 2.39. The number of likely N-dealkylation sites (tertiary alicyclic amines) is 1. The maximum atomic E-state index is 12.7. The second-order valence-corrected chi connectivity index (χ2v) is 9.20. The van der Waals surface area contributed by atoms with Gasteiger partial charge in [-0.05, 0) is 23.8 Å². The number of nitrogens with zero attached hydrogens (tertiary/aromatic N) is 2. The number of carbonyl (C=O) groups is 3. The Hall–Kier alpha value is -3.20. The van der Waals surface area contributed by atoms with Gasteiger partial charge in [0, 0.05) is 36.5 Å². The second-order valence-electron chi connectivity index (χ2n) is 8.18. The van der Waals surface area contributed by atoms with Crippen LogP contribution >= 0.6 is 11.8 Å². The zero-order chi connectivity index (χ0) is 22.1. The third kappa shape index (κ3) is 4.12. The van der Waals surface area contributed by atoms with Crippen LogP contribution in [0.25, 0.3) is 0 Å². The molecule has 2 aromatic rings. The fourth-order valence-corrected chi connectivity index (χ4v) is 5.02. The summed E-state index contributed by atoms with van der Waals surface area (Å²) in [7, 11) is 0. The predicted octanol–water partition coefficient (Wildman–Crippen LogP) is 3.86. The number of piperidine rings is 1. The summed E-state index contributed by atoms with van der Waals surface area (Å²) in [4.78, 5) is 41.0. The summed E-state index contributed by atoms with van der Waals surface area (Å²) in [5.41, 5.74) is 1.72. The molecule has 9 heteroatoms. The molecule has 32 heavy (non-hydrogen) atoms. The number of fused-ring (bicyclic) bond motifs is 1. The highest BCUT2D eigenvalue weighted by molar-refractivity contribution is 8.00. The van der Waals surface area contributed by atoms with Gasteiger partial charge in [0.05, 0.1) is 18.0 Å². The molecule has 3 aliphatic heterocycles. The lowest BCUT2D eigenvalue weighted by molar-refractivity contribution is -0.113. The molecule has 3 aliphatic rings. The van der Waals surface area contributed by atoms with E-state index < -0.39 is 11.7 Å². The van der Waals surface area contributed by atoms with Crippen LogP contribution in [0.4, 0.5) is 21.0 Å². The number of nitrogens with one attached hydrogen (secondary N) is 1. The molecule has 0 radical (unpaired) electrons. The quantitative estimate of drug-likeness (QED) is 0.759. The molecular weight excluding hydrogens is 430 g/mol. The zero-order valence-corrected chi connectivity index (χ0v) is 18.2. The lowest BCUT2D eigenvalue weighted by Crippen LogP contribution is -2.48. The Kier molecular flexibility index (Phi) is 5.42. The molecule has 1 N–H and O–H groups in total. The van der Waals surface area contributed by atoms with Crippen LogP contribution in [0.2, 0.25) is 0 Å². The van der Waals surface area contributed by atoms with Crippen molar-refractivity contribution in [2.75, 3.05) is 35.6 Å². The van der Waals surface area contributed by atoms with E-state index >= 15 is 0 Å². The van der Waals surface area contributed by atoms with Gasteiger partial charge in [0.15, 0.2) is 0 Å². The first-order valence-electron chi connectivity index (χ1n) is 10.5. The molecule has 2 aromatic carbocycles. The van der Waals surface area contributed by atoms with Crippen molar-refractivity contribution in [2.24, 2.45) is 0 Å².